The second-order valence-corrected chi connectivity index (χ2v) is 5.76. The quantitative estimate of drug-likeness (QED) is 0.740. The number of carbonyl (C=O) groups is 1. The van der Waals surface area contributed by atoms with Crippen molar-refractivity contribution in [2.75, 3.05) is 23.8 Å². The number of hydrogen-bond donors (Lipinski definition) is 2. The van der Waals surface area contributed by atoms with Crippen LogP contribution in [-0.2, 0) is 4.79 Å². The summed E-state index contributed by atoms with van der Waals surface area (Å²) in [4.78, 5) is 12.0. The molecule has 4 nitrogen and oxygen atoms in total. The third-order valence-electron chi connectivity index (χ3n) is 3.43. The maximum Gasteiger partial charge on any atom is 0.422 e. The van der Waals surface area contributed by atoms with Crippen LogP contribution in [0.3, 0.4) is 0 Å². The second kappa shape index (κ2) is 8.07. The Balaban J connectivity index is 2.01. The van der Waals surface area contributed by atoms with Gasteiger partial charge in [0.25, 0.3) is 0 Å². The van der Waals surface area contributed by atoms with Gasteiger partial charge in [-0.25, -0.2) is 4.39 Å². The van der Waals surface area contributed by atoms with E-state index in [4.69, 9.17) is 0 Å². The van der Waals surface area contributed by atoms with Gasteiger partial charge in [-0.2, -0.15) is 13.2 Å². The molecular weight excluding hydrogens is 352 g/mol. The van der Waals surface area contributed by atoms with Gasteiger partial charge in [0.1, 0.15) is 11.6 Å². The first-order chi connectivity index (χ1) is 12.1. The summed E-state index contributed by atoms with van der Waals surface area (Å²) >= 11 is 0. The third kappa shape index (κ3) is 5.94. The van der Waals surface area contributed by atoms with Crippen LogP contribution in [0.5, 0.6) is 5.75 Å². The molecule has 2 rings (SSSR count). The van der Waals surface area contributed by atoms with Gasteiger partial charge in [-0.15, -0.1) is 0 Å². The zero-order chi connectivity index (χ0) is 19.3. The number of hydrogen-bond acceptors (Lipinski definition) is 3. The Kier molecular flexibility index (Phi) is 6.07. The van der Waals surface area contributed by atoms with Crippen molar-refractivity contribution in [1.29, 1.82) is 0 Å². The first-order valence-electron chi connectivity index (χ1n) is 7.74. The minimum atomic E-state index is -4.52. The molecule has 2 aromatic rings. The molecule has 2 aromatic carbocycles. The Bertz CT molecular complexity index is 791. The molecule has 0 bridgehead atoms. The lowest BCUT2D eigenvalue weighted by atomic mass is 10.1. The highest BCUT2D eigenvalue weighted by Crippen LogP contribution is 2.27. The van der Waals surface area contributed by atoms with E-state index in [0.717, 1.165) is 29.3 Å². The maximum absolute atomic E-state index is 13.4. The molecule has 8 heteroatoms. The molecule has 0 aromatic heterocycles. The summed E-state index contributed by atoms with van der Waals surface area (Å²) in [6.07, 6.45) is -4.52. The van der Waals surface area contributed by atoms with E-state index in [1.54, 1.807) is 6.07 Å². The van der Waals surface area contributed by atoms with Gasteiger partial charge in [-0.1, -0.05) is 17.7 Å². The summed E-state index contributed by atoms with van der Waals surface area (Å²) in [6.45, 7) is 1.99. The van der Waals surface area contributed by atoms with E-state index in [0.29, 0.717) is 5.69 Å². The van der Waals surface area contributed by atoms with Crippen LogP contribution < -0.4 is 15.4 Å². The molecule has 0 unspecified atom stereocenters. The first kappa shape index (κ1) is 19.6. The van der Waals surface area contributed by atoms with Crippen molar-refractivity contribution in [2.24, 2.45) is 0 Å². The van der Waals surface area contributed by atoms with E-state index in [9.17, 15) is 22.4 Å². The summed E-state index contributed by atoms with van der Waals surface area (Å²) in [5.74, 6) is -1.28. The summed E-state index contributed by atoms with van der Waals surface area (Å²) < 4.78 is 54.9. The van der Waals surface area contributed by atoms with Crippen molar-refractivity contribution in [3.63, 3.8) is 0 Å². The lowest BCUT2D eigenvalue weighted by Gasteiger charge is -2.15. The minimum absolute atomic E-state index is 0.0370. The van der Waals surface area contributed by atoms with Gasteiger partial charge in [-0.05, 0) is 37.6 Å². The van der Waals surface area contributed by atoms with Crippen LogP contribution in [0.25, 0.3) is 0 Å². The average Bonchev–Trinajstić information content (AvgIpc) is 2.54. The van der Waals surface area contributed by atoms with Crippen LogP contribution >= 0.6 is 0 Å². The number of ether oxygens (including phenoxy) is 1. The molecule has 0 atom stereocenters. The van der Waals surface area contributed by atoms with E-state index < -0.39 is 24.5 Å². The predicted molar refractivity (Wildman–Crippen MR) is 91.0 cm³/mol. The third-order valence-corrected chi connectivity index (χ3v) is 3.43. The Hall–Kier alpha value is -2.77. The molecule has 0 spiro atoms. The van der Waals surface area contributed by atoms with Crippen molar-refractivity contribution in [2.45, 2.75) is 20.0 Å². The van der Waals surface area contributed by atoms with Gasteiger partial charge in [0.05, 0.1) is 12.2 Å². The highest BCUT2D eigenvalue weighted by molar-refractivity contribution is 5.94. The summed E-state index contributed by atoms with van der Waals surface area (Å²) in [7, 11) is 0. The predicted octanol–water partition coefficient (Wildman–Crippen LogP) is 4.43. The van der Waals surface area contributed by atoms with Gasteiger partial charge >= 0.3 is 6.18 Å². The zero-order valence-corrected chi connectivity index (χ0v) is 14.2. The standard InChI is InChI=1S/C18H18F4N2O2/c1-11-3-5-14(12(2)7-11)24-17(25)9-23-15-8-13(19)4-6-16(15)26-10-18(20,21)22/h3-8,23H,9-10H2,1-2H3,(H,24,25). The SMILES string of the molecule is Cc1ccc(NC(=O)CNc2cc(F)ccc2OCC(F)(F)F)c(C)c1. The van der Waals surface area contributed by atoms with Crippen molar-refractivity contribution >= 4 is 17.3 Å². The lowest BCUT2D eigenvalue weighted by molar-refractivity contribution is -0.153. The van der Waals surface area contributed by atoms with Crippen molar-refractivity contribution in [3.05, 3.63) is 53.3 Å². The smallest absolute Gasteiger partial charge is 0.422 e. The largest absolute Gasteiger partial charge is 0.482 e. The number of anilines is 2. The molecule has 0 radical (unpaired) electrons. The number of halogens is 4. The first-order valence-corrected chi connectivity index (χ1v) is 7.74. The van der Waals surface area contributed by atoms with Gasteiger partial charge in [0.2, 0.25) is 5.91 Å². The molecule has 0 saturated heterocycles. The van der Waals surface area contributed by atoms with Crippen LogP contribution in [0.2, 0.25) is 0 Å². The van der Waals surface area contributed by atoms with Gasteiger partial charge in [0.15, 0.2) is 6.61 Å². The zero-order valence-electron chi connectivity index (χ0n) is 14.2. The number of benzene rings is 2. The average molecular weight is 370 g/mol. The van der Waals surface area contributed by atoms with Crippen LogP contribution in [0.15, 0.2) is 36.4 Å². The molecule has 0 saturated carbocycles. The molecule has 0 heterocycles. The van der Waals surface area contributed by atoms with Crippen LogP contribution in [0, 0.1) is 19.7 Å². The molecule has 2 N–H and O–H groups in total. The monoisotopic (exact) mass is 370 g/mol. The summed E-state index contributed by atoms with van der Waals surface area (Å²) in [5.41, 5.74) is 2.50. The molecule has 0 aliphatic heterocycles. The number of alkyl halides is 3. The number of amides is 1. The Morgan fingerprint density at radius 2 is 1.81 bits per heavy atom. The van der Waals surface area contributed by atoms with Gasteiger partial charge in [-0.3, -0.25) is 4.79 Å². The number of aryl methyl sites for hydroxylation is 2. The molecule has 1 amide bonds. The van der Waals surface area contributed by atoms with Crippen LogP contribution in [0.4, 0.5) is 28.9 Å². The second-order valence-electron chi connectivity index (χ2n) is 5.76. The molecule has 0 fully saturated rings. The normalized spacial score (nSPS) is 11.2. The highest BCUT2D eigenvalue weighted by Gasteiger charge is 2.29. The molecular formula is C18H18F4N2O2. The fourth-order valence-electron chi connectivity index (χ4n) is 2.25. The lowest BCUT2D eigenvalue weighted by Crippen LogP contribution is -2.23. The van der Waals surface area contributed by atoms with Crippen LogP contribution in [-0.4, -0.2) is 25.2 Å². The number of carbonyl (C=O) groups excluding carboxylic acids is 1. The Labute approximate surface area is 148 Å². The molecule has 26 heavy (non-hydrogen) atoms. The summed E-state index contributed by atoms with van der Waals surface area (Å²) in [6, 6.07) is 8.52. The minimum Gasteiger partial charge on any atom is -0.482 e. The van der Waals surface area contributed by atoms with E-state index >= 15 is 0 Å². The van der Waals surface area contributed by atoms with E-state index in [1.165, 1.54) is 0 Å². The van der Waals surface area contributed by atoms with Crippen molar-refractivity contribution in [1.82, 2.24) is 0 Å². The van der Waals surface area contributed by atoms with E-state index in [-0.39, 0.29) is 18.0 Å². The highest BCUT2D eigenvalue weighted by atomic mass is 19.4. The molecule has 140 valence electrons. The van der Waals surface area contributed by atoms with E-state index in [1.807, 2.05) is 26.0 Å². The van der Waals surface area contributed by atoms with Crippen molar-refractivity contribution in [3.8, 4) is 5.75 Å². The maximum atomic E-state index is 13.4. The van der Waals surface area contributed by atoms with Crippen molar-refractivity contribution < 1.29 is 27.1 Å². The van der Waals surface area contributed by atoms with Gasteiger partial charge < -0.3 is 15.4 Å². The fraction of sp³-hybridized carbons (Fsp3) is 0.278. The molecule has 0 aliphatic rings. The van der Waals surface area contributed by atoms with Crippen LogP contribution in [0.1, 0.15) is 11.1 Å². The summed E-state index contributed by atoms with van der Waals surface area (Å²) in [5, 5.41) is 5.28. The Morgan fingerprint density at radius 3 is 2.46 bits per heavy atom. The fourth-order valence-corrected chi connectivity index (χ4v) is 2.25. The molecule has 0 aliphatic carbocycles. The number of nitrogens with one attached hydrogen (secondary N) is 2. The van der Waals surface area contributed by atoms with E-state index in [2.05, 4.69) is 15.4 Å². The van der Waals surface area contributed by atoms with Gasteiger partial charge in [0, 0.05) is 11.8 Å². The number of rotatable bonds is 6. The topological polar surface area (TPSA) is 50.4 Å². The Morgan fingerprint density at radius 1 is 1.08 bits per heavy atom.